The standard InChI is InChI=1S/C17H13FN2OS/c1-11(12-3-2-4-14(9-12)19-7-8-21)17-20-15-10-13(18)5-6-16(15)22-17/h2-6,8-10,19H,1,7H2. The number of halogens is 1. The molecular weight excluding hydrogens is 299 g/mol. The van der Waals surface area contributed by atoms with Crippen LogP contribution in [-0.2, 0) is 4.79 Å². The van der Waals surface area contributed by atoms with Crippen molar-refractivity contribution in [3.63, 3.8) is 0 Å². The van der Waals surface area contributed by atoms with Crippen LogP contribution >= 0.6 is 11.3 Å². The van der Waals surface area contributed by atoms with Gasteiger partial charge < -0.3 is 10.1 Å². The van der Waals surface area contributed by atoms with Crippen LogP contribution in [0.2, 0.25) is 0 Å². The molecule has 0 saturated heterocycles. The molecule has 22 heavy (non-hydrogen) atoms. The van der Waals surface area contributed by atoms with E-state index in [1.54, 1.807) is 6.07 Å². The van der Waals surface area contributed by atoms with Crippen LogP contribution in [0.25, 0.3) is 15.8 Å². The number of nitrogens with one attached hydrogen (secondary N) is 1. The minimum absolute atomic E-state index is 0.260. The van der Waals surface area contributed by atoms with Crippen molar-refractivity contribution in [1.82, 2.24) is 4.98 Å². The van der Waals surface area contributed by atoms with Crippen LogP contribution in [0.5, 0.6) is 0 Å². The highest BCUT2D eigenvalue weighted by molar-refractivity contribution is 7.19. The third-order valence-electron chi connectivity index (χ3n) is 3.21. The summed E-state index contributed by atoms with van der Waals surface area (Å²) in [5.74, 6) is -0.296. The van der Waals surface area contributed by atoms with E-state index in [0.29, 0.717) is 5.52 Å². The van der Waals surface area contributed by atoms with Crippen molar-refractivity contribution in [3.8, 4) is 0 Å². The fourth-order valence-corrected chi connectivity index (χ4v) is 3.07. The molecule has 0 amide bonds. The monoisotopic (exact) mass is 312 g/mol. The van der Waals surface area contributed by atoms with Crippen LogP contribution in [0.1, 0.15) is 10.6 Å². The van der Waals surface area contributed by atoms with E-state index in [9.17, 15) is 9.18 Å². The molecule has 0 radical (unpaired) electrons. The van der Waals surface area contributed by atoms with E-state index in [-0.39, 0.29) is 12.4 Å². The van der Waals surface area contributed by atoms with Crippen LogP contribution in [0, 0.1) is 5.82 Å². The molecule has 3 rings (SSSR count). The van der Waals surface area contributed by atoms with E-state index in [2.05, 4.69) is 16.9 Å². The third kappa shape index (κ3) is 2.89. The molecule has 3 nitrogen and oxygen atoms in total. The molecule has 110 valence electrons. The summed E-state index contributed by atoms with van der Waals surface area (Å²) in [5, 5.41) is 3.76. The molecule has 1 aromatic heterocycles. The van der Waals surface area contributed by atoms with Gasteiger partial charge in [-0.1, -0.05) is 18.7 Å². The van der Waals surface area contributed by atoms with Crippen molar-refractivity contribution in [2.75, 3.05) is 11.9 Å². The summed E-state index contributed by atoms with van der Waals surface area (Å²) < 4.78 is 14.2. The van der Waals surface area contributed by atoms with E-state index in [1.807, 2.05) is 24.3 Å². The number of rotatable bonds is 5. The molecule has 1 N–H and O–H groups in total. The molecule has 0 saturated carbocycles. The van der Waals surface area contributed by atoms with Crippen molar-refractivity contribution < 1.29 is 9.18 Å². The zero-order valence-corrected chi connectivity index (χ0v) is 12.5. The van der Waals surface area contributed by atoms with Crippen LogP contribution in [-0.4, -0.2) is 17.8 Å². The molecule has 0 aliphatic rings. The molecule has 3 aromatic rings. The van der Waals surface area contributed by atoms with Gasteiger partial charge in [0.15, 0.2) is 0 Å². The summed E-state index contributed by atoms with van der Waals surface area (Å²) in [4.78, 5) is 14.9. The summed E-state index contributed by atoms with van der Waals surface area (Å²) in [5.41, 5.74) is 3.17. The Kier molecular flexibility index (Phi) is 3.98. The fourth-order valence-electron chi connectivity index (χ4n) is 2.13. The number of hydrogen-bond acceptors (Lipinski definition) is 4. The lowest BCUT2D eigenvalue weighted by molar-refractivity contribution is -0.106. The highest BCUT2D eigenvalue weighted by atomic mass is 32.1. The second-order valence-electron chi connectivity index (χ2n) is 4.74. The van der Waals surface area contributed by atoms with Gasteiger partial charge in [-0.15, -0.1) is 11.3 Å². The Morgan fingerprint density at radius 2 is 2.18 bits per heavy atom. The average molecular weight is 312 g/mol. The van der Waals surface area contributed by atoms with Gasteiger partial charge in [-0.3, -0.25) is 0 Å². The lowest BCUT2D eigenvalue weighted by Crippen LogP contribution is -2.02. The van der Waals surface area contributed by atoms with Gasteiger partial charge in [-0.2, -0.15) is 0 Å². The van der Waals surface area contributed by atoms with E-state index >= 15 is 0 Å². The Bertz CT molecular complexity index is 857. The van der Waals surface area contributed by atoms with Crippen LogP contribution < -0.4 is 5.32 Å². The summed E-state index contributed by atoms with van der Waals surface area (Å²) in [7, 11) is 0. The quantitative estimate of drug-likeness (QED) is 0.721. The van der Waals surface area contributed by atoms with Gasteiger partial charge in [0.05, 0.1) is 16.8 Å². The molecule has 1 heterocycles. The number of carbonyl (C=O) groups is 1. The normalized spacial score (nSPS) is 10.6. The minimum Gasteiger partial charge on any atom is -0.378 e. The molecule has 2 aromatic carbocycles. The molecule has 0 aliphatic heterocycles. The Hall–Kier alpha value is -2.53. The van der Waals surface area contributed by atoms with Gasteiger partial charge in [0.2, 0.25) is 0 Å². The largest absolute Gasteiger partial charge is 0.378 e. The van der Waals surface area contributed by atoms with Gasteiger partial charge in [-0.05, 0) is 29.8 Å². The number of anilines is 1. The smallest absolute Gasteiger partial charge is 0.139 e. The molecule has 0 fully saturated rings. The van der Waals surface area contributed by atoms with Crippen molar-refractivity contribution in [3.05, 3.63) is 65.4 Å². The number of carbonyl (C=O) groups excluding carboxylic acids is 1. The fraction of sp³-hybridized carbons (Fsp3) is 0.0588. The first-order valence-electron chi connectivity index (χ1n) is 6.70. The van der Waals surface area contributed by atoms with Gasteiger partial charge in [0.25, 0.3) is 0 Å². The maximum absolute atomic E-state index is 13.2. The van der Waals surface area contributed by atoms with E-state index in [4.69, 9.17) is 0 Å². The second kappa shape index (κ2) is 6.07. The van der Waals surface area contributed by atoms with Crippen LogP contribution in [0.3, 0.4) is 0 Å². The first-order chi connectivity index (χ1) is 10.7. The predicted octanol–water partition coefficient (Wildman–Crippen LogP) is 4.11. The summed E-state index contributed by atoms with van der Waals surface area (Å²) in [6.07, 6.45) is 0.809. The van der Waals surface area contributed by atoms with Crippen molar-refractivity contribution in [2.45, 2.75) is 0 Å². The van der Waals surface area contributed by atoms with E-state index in [0.717, 1.165) is 32.8 Å². The number of thiazole rings is 1. The molecule has 0 unspecified atom stereocenters. The zero-order valence-electron chi connectivity index (χ0n) is 11.7. The first-order valence-corrected chi connectivity index (χ1v) is 7.52. The van der Waals surface area contributed by atoms with Gasteiger partial charge in [0, 0.05) is 17.3 Å². The molecular formula is C17H13FN2OS. The van der Waals surface area contributed by atoms with Gasteiger partial charge in [-0.25, -0.2) is 9.37 Å². The second-order valence-corrected chi connectivity index (χ2v) is 5.77. The average Bonchev–Trinajstić information content (AvgIpc) is 2.95. The Labute approximate surface area is 131 Å². The summed E-state index contributed by atoms with van der Waals surface area (Å²) in [6.45, 7) is 4.35. The Morgan fingerprint density at radius 1 is 1.32 bits per heavy atom. The number of aromatic nitrogens is 1. The van der Waals surface area contributed by atoms with Gasteiger partial charge >= 0.3 is 0 Å². The number of fused-ring (bicyclic) bond motifs is 1. The summed E-state index contributed by atoms with van der Waals surface area (Å²) in [6, 6.07) is 12.2. The maximum Gasteiger partial charge on any atom is 0.139 e. The Morgan fingerprint density at radius 3 is 3.00 bits per heavy atom. The molecule has 0 bridgehead atoms. The van der Waals surface area contributed by atoms with Crippen molar-refractivity contribution in [1.29, 1.82) is 0 Å². The lowest BCUT2D eigenvalue weighted by Gasteiger charge is -2.06. The molecule has 0 atom stereocenters. The predicted molar refractivity (Wildman–Crippen MR) is 88.7 cm³/mol. The zero-order chi connectivity index (χ0) is 15.5. The SMILES string of the molecule is C=C(c1cccc(NCC=O)c1)c1nc2cc(F)ccc2s1. The molecule has 0 aliphatic carbocycles. The molecule has 5 heteroatoms. The minimum atomic E-state index is -0.296. The highest BCUT2D eigenvalue weighted by Gasteiger charge is 2.10. The van der Waals surface area contributed by atoms with Crippen LogP contribution in [0.15, 0.2) is 49.0 Å². The lowest BCUT2D eigenvalue weighted by atomic mass is 10.1. The number of nitrogens with zero attached hydrogens (tertiary/aromatic N) is 1. The van der Waals surface area contributed by atoms with E-state index < -0.39 is 0 Å². The molecule has 0 spiro atoms. The van der Waals surface area contributed by atoms with Crippen molar-refractivity contribution >= 4 is 39.1 Å². The third-order valence-corrected chi connectivity index (χ3v) is 4.30. The maximum atomic E-state index is 13.2. The topological polar surface area (TPSA) is 42.0 Å². The summed E-state index contributed by atoms with van der Waals surface area (Å²) >= 11 is 1.48. The van der Waals surface area contributed by atoms with E-state index in [1.165, 1.54) is 23.5 Å². The van der Waals surface area contributed by atoms with Gasteiger partial charge in [0.1, 0.15) is 17.1 Å². The number of benzene rings is 2. The Balaban J connectivity index is 1.93. The number of aldehydes is 1. The number of hydrogen-bond donors (Lipinski definition) is 1. The van der Waals surface area contributed by atoms with Crippen molar-refractivity contribution in [2.24, 2.45) is 0 Å². The highest BCUT2D eigenvalue weighted by Crippen LogP contribution is 2.31. The van der Waals surface area contributed by atoms with Crippen LogP contribution in [0.4, 0.5) is 10.1 Å². The first kappa shape index (κ1) is 14.4.